The molecule has 94 valence electrons. The number of anilines is 1. The van der Waals surface area contributed by atoms with E-state index < -0.39 is 0 Å². The second kappa shape index (κ2) is 6.85. The Morgan fingerprint density at radius 1 is 1.35 bits per heavy atom. The molecule has 0 aromatic heterocycles. The number of hydrogen-bond acceptors (Lipinski definition) is 3. The SMILES string of the molecule is CN(CCCCC(=O)NN)c1ccc(F)cc1. The van der Waals surface area contributed by atoms with Gasteiger partial charge < -0.3 is 4.90 Å². The van der Waals surface area contributed by atoms with Crippen molar-refractivity contribution in [2.45, 2.75) is 19.3 Å². The van der Waals surface area contributed by atoms with E-state index in [4.69, 9.17) is 5.84 Å². The zero-order chi connectivity index (χ0) is 12.7. The topological polar surface area (TPSA) is 58.4 Å². The summed E-state index contributed by atoms with van der Waals surface area (Å²) in [6, 6.07) is 6.35. The maximum absolute atomic E-state index is 12.7. The molecule has 4 nitrogen and oxygen atoms in total. The number of halogens is 1. The lowest BCUT2D eigenvalue weighted by molar-refractivity contribution is -0.121. The number of nitrogens with one attached hydrogen (secondary N) is 1. The Morgan fingerprint density at radius 2 is 2.00 bits per heavy atom. The van der Waals surface area contributed by atoms with Gasteiger partial charge in [0, 0.05) is 25.7 Å². The molecule has 0 fully saturated rings. The molecule has 3 N–H and O–H groups in total. The lowest BCUT2D eigenvalue weighted by Crippen LogP contribution is -2.29. The molecule has 5 heteroatoms. The second-order valence-electron chi connectivity index (χ2n) is 3.92. The molecule has 0 radical (unpaired) electrons. The summed E-state index contributed by atoms with van der Waals surface area (Å²) < 4.78 is 12.7. The van der Waals surface area contributed by atoms with E-state index in [1.165, 1.54) is 12.1 Å². The van der Waals surface area contributed by atoms with Gasteiger partial charge in [-0.2, -0.15) is 0 Å². The van der Waals surface area contributed by atoms with Crippen molar-refractivity contribution < 1.29 is 9.18 Å². The lowest BCUT2D eigenvalue weighted by atomic mass is 10.2. The number of rotatable bonds is 6. The van der Waals surface area contributed by atoms with Crippen LogP contribution in [0.2, 0.25) is 0 Å². The summed E-state index contributed by atoms with van der Waals surface area (Å²) in [5.74, 6) is 4.60. The summed E-state index contributed by atoms with van der Waals surface area (Å²) >= 11 is 0. The zero-order valence-corrected chi connectivity index (χ0v) is 9.95. The van der Waals surface area contributed by atoms with Crippen molar-refractivity contribution in [3.8, 4) is 0 Å². The Morgan fingerprint density at radius 3 is 2.59 bits per heavy atom. The minimum Gasteiger partial charge on any atom is -0.375 e. The Hall–Kier alpha value is -1.62. The molecule has 0 spiro atoms. The van der Waals surface area contributed by atoms with Gasteiger partial charge in [0.25, 0.3) is 0 Å². The largest absolute Gasteiger partial charge is 0.375 e. The third-order valence-corrected chi connectivity index (χ3v) is 2.58. The number of hydrogen-bond donors (Lipinski definition) is 2. The van der Waals surface area contributed by atoms with Gasteiger partial charge in [-0.25, -0.2) is 10.2 Å². The predicted molar refractivity (Wildman–Crippen MR) is 65.9 cm³/mol. The summed E-state index contributed by atoms with van der Waals surface area (Å²) in [5, 5.41) is 0. The highest BCUT2D eigenvalue weighted by Gasteiger charge is 2.02. The van der Waals surface area contributed by atoms with Crippen LogP contribution in [-0.2, 0) is 4.79 Å². The normalized spacial score (nSPS) is 10.1. The Labute approximate surface area is 101 Å². The van der Waals surface area contributed by atoms with Crippen molar-refractivity contribution in [1.29, 1.82) is 0 Å². The fourth-order valence-corrected chi connectivity index (χ4v) is 1.53. The Bertz CT molecular complexity index is 353. The third-order valence-electron chi connectivity index (χ3n) is 2.58. The van der Waals surface area contributed by atoms with Crippen LogP contribution in [0, 0.1) is 5.82 Å². The number of carbonyl (C=O) groups excluding carboxylic acids is 1. The molecule has 1 aromatic carbocycles. The number of amides is 1. The van der Waals surface area contributed by atoms with Gasteiger partial charge in [0.05, 0.1) is 0 Å². The molecule has 0 atom stereocenters. The van der Waals surface area contributed by atoms with Gasteiger partial charge in [0.1, 0.15) is 5.82 Å². The van der Waals surface area contributed by atoms with E-state index in [0.29, 0.717) is 6.42 Å². The zero-order valence-electron chi connectivity index (χ0n) is 9.95. The molecule has 0 bridgehead atoms. The van der Waals surface area contributed by atoms with Crippen LogP contribution in [-0.4, -0.2) is 19.5 Å². The summed E-state index contributed by atoms with van der Waals surface area (Å²) in [6.45, 7) is 0.823. The van der Waals surface area contributed by atoms with Gasteiger partial charge in [-0.1, -0.05) is 0 Å². The molecular formula is C12H18FN3O. The van der Waals surface area contributed by atoms with E-state index in [9.17, 15) is 9.18 Å². The highest BCUT2D eigenvalue weighted by Crippen LogP contribution is 2.13. The average Bonchev–Trinajstić information content (AvgIpc) is 2.34. The predicted octanol–water partition coefficient (Wildman–Crippen LogP) is 1.42. The molecule has 17 heavy (non-hydrogen) atoms. The van der Waals surface area contributed by atoms with Crippen LogP contribution < -0.4 is 16.2 Å². The standard InChI is InChI=1S/C12H18FN3O/c1-16(9-3-2-4-12(17)15-14)11-7-5-10(13)6-8-11/h5-8H,2-4,9,14H2,1H3,(H,15,17). The molecule has 0 aliphatic carbocycles. The molecule has 0 saturated carbocycles. The summed E-state index contributed by atoms with van der Waals surface area (Å²) in [4.78, 5) is 12.9. The molecule has 0 unspecified atom stereocenters. The van der Waals surface area contributed by atoms with E-state index in [1.807, 2.05) is 11.9 Å². The molecule has 0 saturated heterocycles. The van der Waals surface area contributed by atoms with Gasteiger partial charge in [-0.15, -0.1) is 0 Å². The van der Waals surface area contributed by atoms with Crippen LogP contribution in [0.15, 0.2) is 24.3 Å². The van der Waals surface area contributed by atoms with E-state index in [1.54, 1.807) is 12.1 Å². The van der Waals surface area contributed by atoms with Crippen molar-refractivity contribution in [3.63, 3.8) is 0 Å². The number of unbranched alkanes of at least 4 members (excludes halogenated alkanes) is 1. The first kappa shape index (κ1) is 13.4. The number of carbonyl (C=O) groups is 1. The van der Waals surface area contributed by atoms with Crippen LogP contribution in [0.25, 0.3) is 0 Å². The second-order valence-corrected chi connectivity index (χ2v) is 3.92. The molecule has 0 aliphatic heterocycles. The smallest absolute Gasteiger partial charge is 0.233 e. The highest BCUT2D eigenvalue weighted by atomic mass is 19.1. The first-order valence-corrected chi connectivity index (χ1v) is 5.59. The van der Waals surface area contributed by atoms with Crippen LogP contribution in [0.3, 0.4) is 0 Å². The number of nitrogens with two attached hydrogens (primary N) is 1. The van der Waals surface area contributed by atoms with Gasteiger partial charge in [-0.3, -0.25) is 10.2 Å². The fourth-order valence-electron chi connectivity index (χ4n) is 1.53. The highest BCUT2D eigenvalue weighted by molar-refractivity contribution is 5.75. The quantitative estimate of drug-likeness (QED) is 0.341. The molecular weight excluding hydrogens is 221 g/mol. The number of nitrogens with zero attached hydrogens (tertiary/aromatic N) is 1. The van der Waals surface area contributed by atoms with Gasteiger partial charge >= 0.3 is 0 Å². The molecule has 1 aromatic rings. The Kier molecular flexibility index (Phi) is 5.42. The summed E-state index contributed by atoms with van der Waals surface area (Å²) in [6.07, 6.45) is 2.11. The van der Waals surface area contributed by atoms with Crippen molar-refractivity contribution in [2.24, 2.45) is 5.84 Å². The summed E-state index contributed by atoms with van der Waals surface area (Å²) in [5.41, 5.74) is 3.06. The van der Waals surface area contributed by atoms with Crippen LogP contribution in [0.1, 0.15) is 19.3 Å². The van der Waals surface area contributed by atoms with Gasteiger partial charge in [0.15, 0.2) is 0 Å². The number of benzene rings is 1. The minimum absolute atomic E-state index is 0.144. The van der Waals surface area contributed by atoms with Gasteiger partial charge in [-0.05, 0) is 37.1 Å². The molecule has 1 amide bonds. The van der Waals surface area contributed by atoms with E-state index >= 15 is 0 Å². The molecule has 0 aliphatic rings. The van der Waals surface area contributed by atoms with Crippen molar-refractivity contribution >= 4 is 11.6 Å². The Balaban J connectivity index is 2.27. The molecule has 1 rings (SSSR count). The third kappa shape index (κ3) is 4.82. The first-order valence-electron chi connectivity index (χ1n) is 5.59. The average molecular weight is 239 g/mol. The van der Waals surface area contributed by atoms with Crippen molar-refractivity contribution in [1.82, 2.24) is 5.43 Å². The van der Waals surface area contributed by atoms with Crippen molar-refractivity contribution in [3.05, 3.63) is 30.1 Å². The number of hydrazine groups is 1. The first-order chi connectivity index (χ1) is 8.13. The fraction of sp³-hybridized carbons (Fsp3) is 0.417. The lowest BCUT2D eigenvalue weighted by Gasteiger charge is -2.18. The van der Waals surface area contributed by atoms with Gasteiger partial charge in [0.2, 0.25) is 5.91 Å². The minimum atomic E-state index is -0.234. The molecule has 0 heterocycles. The van der Waals surface area contributed by atoms with Crippen molar-refractivity contribution in [2.75, 3.05) is 18.5 Å². The van der Waals surface area contributed by atoms with Crippen LogP contribution in [0.5, 0.6) is 0 Å². The summed E-state index contributed by atoms with van der Waals surface area (Å²) in [7, 11) is 1.94. The van der Waals surface area contributed by atoms with E-state index in [2.05, 4.69) is 5.43 Å². The van der Waals surface area contributed by atoms with Crippen LogP contribution in [0.4, 0.5) is 10.1 Å². The van der Waals surface area contributed by atoms with Crippen LogP contribution >= 0.6 is 0 Å². The van der Waals surface area contributed by atoms with E-state index in [-0.39, 0.29) is 11.7 Å². The maximum atomic E-state index is 12.7. The monoisotopic (exact) mass is 239 g/mol. The maximum Gasteiger partial charge on any atom is 0.233 e. The van der Waals surface area contributed by atoms with E-state index in [0.717, 1.165) is 25.1 Å².